The van der Waals surface area contributed by atoms with Gasteiger partial charge in [0.15, 0.2) is 8.07 Å². The molecule has 0 saturated carbocycles. The molecule has 13 aromatic rings. The van der Waals surface area contributed by atoms with Gasteiger partial charge in [0.05, 0.1) is 38.8 Å². The zero-order valence-corrected chi connectivity index (χ0v) is 36.0. The highest BCUT2D eigenvalue weighted by Gasteiger charge is 2.43. The zero-order chi connectivity index (χ0) is 42.2. The summed E-state index contributed by atoms with van der Waals surface area (Å²) < 4.78 is 7.46. The first kappa shape index (κ1) is 36.5. The van der Waals surface area contributed by atoms with Gasteiger partial charge in [-0.05, 0) is 81.4 Å². The van der Waals surface area contributed by atoms with Crippen molar-refractivity contribution in [2.24, 2.45) is 0 Å². The zero-order valence-electron chi connectivity index (χ0n) is 35.0. The van der Waals surface area contributed by atoms with Crippen LogP contribution in [-0.4, -0.2) is 21.8 Å². The highest BCUT2D eigenvalue weighted by Crippen LogP contribution is 2.41. The van der Waals surface area contributed by atoms with Crippen molar-refractivity contribution >= 4 is 94.2 Å². The van der Waals surface area contributed by atoms with Crippen LogP contribution in [0.4, 0.5) is 0 Å². The van der Waals surface area contributed by atoms with Crippen LogP contribution in [0.2, 0.25) is 0 Å². The number of hydrogen-bond donors (Lipinski definition) is 0. The average molecular weight is 832 g/mol. The Hall–Kier alpha value is -8.18. The van der Waals surface area contributed by atoms with Gasteiger partial charge in [-0.1, -0.05) is 188 Å². The number of hydrogen-bond acceptors (Lipinski definition) is 0. The lowest BCUT2D eigenvalue weighted by Crippen LogP contribution is -2.74. The number of benzene rings is 10. The summed E-state index contributed by atoms with van der Waals surface area (Å²) in [6.45, 7) is 0. The molecule has 0 radical (unpaired) electrons. The fraction of sp³-hybridized carbons (Fsp3) is 0. The molecular weight excluding hydrogens is 791 g/mol. The third kappa shape index (κ3) is 5.21. The Bertz CT molecular complexity index is 3730. The molecule has 0 saturated heterocycles. The summed E-state index contributed by atoms with van der Waals surface area (Å²) in [6, 6.07) is 92.4. The molecule has 0 atom stereocenters. The molecular formula is C60H41N3Si. The van der Waals surface area contributed by atoms with Gasteiger partial charge in [0, 0.05) is 43.7 Å². The van der Waals surface area contributed by atoms with E-state index in [1.54, 1.807) is 0 Å². The molecule has 0 N–H and O–H groups in total. The molecule has 0 bridgehead atoms. The van der Waals surface area contributed by atoms with Gasteiger partial charge in [-0.2, -0.15) is 0 Å². The summed E-state index contributed by atoms with van der Waals surface area (Å²) in [7, 11) is -2.97. The molecule has 0 aliphatic carbocycles. The van der Waals surface area contributed by atoms with E-state index in [-0.39, 0.29) is 0 Å². The van der Waals surface area contributed by atoms with Crippen molar-refractivity contribution in [3.8, 4) is 17.1 Å². The Kier molecular flexibility index (Phi) is 8.23. The van der Waals surface area contributed by atoms with Crippen LogP contribution in [0.25, 0.3) is 82.5 Å². The van der Waals surface area contributed by atoms with Crippen molar-refractivity contribution in [1.82, 2.24) is 13.7 Å². The maximum atomic E-state index is 2.58. The molecule has 13 rings (SSSR count). The summed E-state index contributed by atoms with van der Waals surface area (Å²) in [5.74, 6) is 0. The van der Waals surface area contributed by atoms with E-state index in [9.17, 15) is 0 Å². The van der Waals surface area contributed by atoms with Gasteiger partial charge in [0.1, 0.15) is 0 Å². The summed E-state index contributed by atoms with van der Waals surface area (Å²) in [5, 5.41) is 12.9. The van der Waals surface area contributed by atoms with Crippen molar-refractivity contribution in [1.29, 1.82) is 0 Å². The van der Waals surface area contributed by atoms with E-state index in [4.69, 9.17) is 0 Å². The Morgan fingerprint density at radius 3 is 1.25 bits per heavy atom. The topological polar surface area (TPSA) is 14.8 Å². The van der Waals surface area contributed by atoms with Crippen LogP contribution in [-0.2, 0) is 0 Å². The maximum absolute atomic E-state index is 2.97. The van der Waals surface area contributed by atoms with E-state index in [1.165, 1.54) is 86.2 Å². The summed E-state index contributed by atoms with van der Waals surface area (Å²) in [5.41, 5.74) is 10.6. The van der Waals surface area contributed by atoms with E-state index in [1.807, 2.05) is 0 Å². The second-order valence-corrected chi connectivity index (χ2v) is 20.6. The van der Waals surface area contributed by atoms with E-state index >= 15 is 0 Å². The maximum Gasteiger partial charge on any atom is 0.180 e. The smallest absolute Gasteiger partial charge is 0.180 e. The van der Waals surface area contributed by atoms with Gasteiger partial charge in [0.25, 0.3) is 0 Å². The minimum atomic E-state index is -2.97. The fourth-order valence-electron chi connectivity index (χ4n) is 11.0. The summed E-state index contributed by atoms with van der Waals surface area (Å²) in [6.07, 6.45) is 0. The molecule has 3 nitrogen and oxygen atoms in total. The van der Waals surface area contributed by atoms with Crippen LogP contribution in [0.15, 0.2) is 249 Å². The highest BCUT2D eigenvalue weighted by molar-refractivity contribution is 7.20. The Morgan fingerprint density at radius 1 is 0.250 bits per heavy atom. The molecule has 0 aliphatic rings. The minimum absolute atomic E-state index is 1.13. The molecule has 64 heavy (non-hydrogen) atoms. The van der Waals surface area contributed by atoms with Crippen LogP contribution in [0.5, 0.6) is 0 Å². The Morgan fingerprint density at radius 2 is 0.672 bits per heavy atom. The van der Waals surface area contributed by atoms with E-state index < -0.39 is 8.07 Å². The van der Waals surface area contributed by atoms with Crippen LogP contribution in [0.3, 0.4) is 0 Å². The number of para-hydroxylation sites is 4. The minimum Gasteiger partial charge on any atom is -0.309 e. The Labute approximate surface area is 372 Å². The first-order valence-electron chi connectivity index (χ1n) is 22.1. The third-order valence-electron chi connectivity index (χ3n) is 13.6. The summed E-state index contributed by atoms with van der Waals surface area (Å²) >= 11 is 0. The van der Waals surface area contributed by atoms with Crippen LogP contribution in [0, 0.1) is 0 Å². The summed E-state index contributed by atoms with van der Waals surface area (Å²) in [4.78, 5) is 0. The van der Waals surface area contributed by atoms with Gasteiger partial charge in [-0.3, -0.25) is 0 Å². The normalized spacial score (nSPS) is 12.1. The molecule has 0 amide bonds. The van der Waals surface area contributed by atoms with Gasteiger partial charge < -0.3 is 13.7 Å². The van der Waals surface area contributed by atoms with Crippen molar-refractivity contribution in [3.63, 3.8) is 0 Å². The lowest BCUT2D eigenvalue weighted by Gasteiger charge is -2.35. The predicted octanol–water partition coefficient (Wildman–Crippen LogP) is 12.4. The molecule has 0 aliphatic heterocycles. The first-order chi connectivity index (χ1) is 31.8. The lowest BCUT2D eigenvalue weighted by molar-refractivity contribution is 1.16. The third-order valence-corrected chi connectivity index (χ3v) is 18.4. The van der Waals surface area contributed by atoms with Gasteiger partial charge in [-0.15, -0.1) is 0 Å². The molecule has 0 fully saturated rings. The number of fused-ring (bicyclic) bond motifs is 9. The Balaban J connectivity index is 1.22. The number of aromatic nitrogens is 3. The molecule has 0 spiro atoms. The number of nitrogens with zero attached hydrogens (tertiary/aromatic N) is 3. The van der Waals surface area contributed by atoms with Gasteiger partial charge in [0.2, 0.25) is 0 Å². The second-order valence-electron chi connectivity index (χ2n) is 16.8. The van der Waals surface area contributed by atoms with Crippen molar-refractivity contribution in [2.75, 3.05) is 0 Å². The standard InChI is InChI=1S/C60H41N3Si/c1-5-21-42(22-6-1)61-53-34-18-15-31-49(53)59-54(61)35-19-36-55(59)63-56-37-20-38-58(64(44-23-7-2-8-24-44,45-25-9-3-10-26-45)46-27-11-4-12-28-46)60(56)50-40-39-43(41-57(50)63)62-51-32-16-13-29-47(51)48-30-14-17-33-52(48)62/h1-41H. The first-order valence-corrected chi connectivity index (χ1v) is 24.1. The van der Waals surface area contributed by atoms with Crippen molar-refractivity contribution < 1.29 is 0 Å². The molecule has 4 heteroatoms. The van der Waals surface area contributed by atoms with Crippen molar-refractivity contribution in [2.45, 2.75) is 0 Å². The SMILES string of the molecule is c1ccc(-n2c3ccccc3c3c(-n4c5cc(-n6c7ccccc7c7ccccc76)ccc5c5c([Si](c6ccccc6)(c6ccccc6)c6ccccc6)cccc54)cccc32)cc1. The van der Waals surface area contributed by atoms with Crippen molar-refractivity contribution in [3.05, 3.63) is 249 Å². The quantitative estimate of drug-likeness (QED) is 0.112. The molecule has 3 heterocycles. The predicted molar refractivity (Wildman–Crippen MR) is 273 cm³/mol. The molecule has 3 aromatic heterocycles. The highest BCUT2D eigenvalue weighted by atomic mass is 28.3. The molecule has 0 unspecified atom stereocenters. The molecule has 300 valence electrons. The van der Waals surface area contributed by atoms with Crippen LogP contribution >= 0.6 is 0 Å². The van der Waals surface area contributed by atoms with Crippen LogP contribution < -0.4 is 20.7 Å². The second kappa shape index (κ2) is 14.5. The average Bonchev–Trinajstić information content (AvgIpc) is 4.01. The molecule has 10 aromatic carbocycles. The fourth-order valence-corrected chi connectivity index (χ4v) is 16.0. The van der Waals surface area contributed by atoms with E-state index in [0.29, 0.717) is 0 Å². The largest absolute Gasteiger partial charge is 0.309 e. The van der Waals surface area contributed by atoms with Gasteiger partial charge >= 0.3 is 0 Å². The van der Waals surface area contributed by atoms with Gasteiger partial charge in [-0.25, -0.2) is 0 Å². The van der Waals surface area contributed by atoms with E-state index in [0.717, 1.165) is 17.1 Å². The van der Waals surface area contributed by atoms with Crippen LogP contribution in [0.1, 0.15) is 0 Å². The van der Waals surface area contributed by atoms with E-state index in [2.05, 4.69) is 262 Å². The lowest BCUT2D eigenvalue weighted by atomic mass is 10.1. The number of rotatable bonds is 7. The monoisotopic (exact) mass is 831 g/mol.